The van der Waals surface area contributed by atoms with E-state index in [2.05, 4.69) is 36.5 Å². The Hall–Kier alpha value is -2.09. The van der Waals surface area contributed by atoms with E-state index in [0.717, 1.165) is 18.4 Å². The zero-order valence-electron chi connectivity index (χ0n) is 12.8. The maximum atomic E-state index is 12.0. The fourth-order valence-electron chi connectivity index (χ4n) is 2.49. The molecule has 0 saturated carbocycles. The molecule has 0 spiro atoms. The molecule has 0 heterocycles. The Morgan fingerprint density at radius 3 is 2.43 bits per heavy atom. The highest BCUT2D eigenvalue weighted by Gasteiger charge is 2.12. The highest BCUT2D eigenvalue weighted by atomic mass is 16.1. The fraction of sp³-hybridized carbons (Fsp3) is 0.316. The van der Waals surface area contributed by atoms with Crippen molar-refractivity contribution in [3.8, 4) is 11.1 Å². The predicted molar refractivity (Wildman–Crippen MR) is 87.8 cm³/mol. The number of nitrogens with one attached hydrogen (secondary N) is 1. The van der Waals surface area contributed by atoms with E-state index in [1.807, 2.05) is 37.3 Å². The van der Waals surface area contributed by atoms with E-state index in [-0.39, 0.29) is 11.8 Å². The van der Waals surface area contributed by atoms with Crippen molar-refractivity contribution in [3.63, 3.8) is 0 Å². The van der Waals surface area contributed by atoms with E-state index >= 15 is 0 Å². The van der Waals surface area contributed by atoms with Gasteiger partial charge in [0.2, 0.25) is 5.91 Å². The van der Waals surface area contributed by atoms with Crippen molar-refractivity contribution in [1.29, 1.82) is 0 Å². The van der Waals surface area contributed by atoms with Gasteiger partial charge < -0.3 is 5.32 Å². The van der Waals surface area contributed by atoms with E-state index < -0.39 is 0 Å². The first-order chi connectivity index (χ1) is 10.2. The number of hydrogen-bond donors (Lipinski definition) is 1. The lowest BCUT2D eigenvalue weighted by Gasteiger charge is -2.14. The summed E-state index contributed by atoms with van der Waals surface area (Å²) in [7, 11) is 0. The summed E-state index contributed by atoms with van der Waals surface area (Å²) in [5.74, 6) is 0.221. The Labute approximate surface area is 127 Å². The molecular weight excluding hydrogens is 258 g/mol. The first kappa shape index (κ1) is 15.3. The maximum absolute atomic E-state index is 12.0. The molecule has 0 fully saturated rings. The van der Waals surface area contributed by atoms with E-state index in [9.17, 15) is 4.79 Å². The standard InChI is InChI=1S/C19H23NO/c1-3-9-15(2)19(21)20-14-17-12-7-8-13-18(17)16-10-5-4-6-11-16/h4-8,10-13,15H,3,9,14H2,1-2H3,(H,20,21)/t15-/m0/s1. The van der Waals surface area contributed by atoms with Gasteiger partial charge in [0.1, 0.15) is 0 Å². The fourth-order valence-corrected chi connectivity index (χ4v) is 2.49. The topological polar surface area (TPSA) is 29.1 Å². The molecule has 0 radical (unpaired) electrons. The number of amides is 1. The predicted octanol–water partition coefficient (Wildman–Crippen LogP) is 4.41. The molecule has 2 aromatic carbocycles. The van der Waals surface area contributed by atoms with Gasteiger partial charge in [-0.15, -0.1) is 0 Å². The Kier molecular flexibility index (Phi) is 5.56. The minimum Gasteiger partial charge on any atom is -0.352 e. The second-order valence-corrected chi connectivity index (χ2v) is 5.43. The molecule has 0 saturated heterocycles. The second-order valence-electron chi connectivity index (χ2n) is 5.43. The average Bonchev–Trinajstić information content (AvgIpc) is 2.54. The van der Waals surface area contributed by atoms with Crippen LogP contribution in [0.5, 0.6) is 0 Å². The van der Waals surface area contributed by atoms with E-state index in [4.69, 9.17) is 0 Å². The molecule has 110 valence electrons. The third kappa shape index (κ3) is 4.19. The first-order valence-electron chi connectivity index (χ1n) is 7.63. The van der Waals surface area contributed by atoms with Gasteiger partial charge in [-0.25, -0.2) is 0 Å². The molecule has 21 heavy (non-hydrogen) atoms. The Bertz CT molecular complexity index is 577. The summed E-state index contributed by atoms with van der Waals surface area (Å²) >= 11 is 0. The van der Waals surface area contributed by atoms with Gasteiger partial charge in [-0.1, -0.05) is 74.9 Å². The molecule has 1 atom stereocenters. The number of benzene rings is 2. The van der Waals surface area contributed by atoms with Crippen LogP contribution in [0.3, 0.4) is 0 Å². The highest BCUT2D eigenvalue weighted by Crippen LogP contribution is 2.23. The van der Waals surface area contributed by atoms with Crippen LogP contribution in [0.1, 0.15) is 32.3 Å². The summed E-state index contributed by atoms with van der Waals surface area (Å²) in [5, 5.41) is 3.05. The molecular formula is C19H23NO. The Morgan fingerprint density at radius 2 is 1.71 bits per heavy atom. The van der Waals surface area contributed by atoms with Gasteiger partial charge in [0.25, 0.3) is 0 Å². The van der Waals surface area contributed by atoms with Crippen molar-refractivity contribution in [1.82, 2.24) is 5.32 Å². The van der Waals surface area contributed by atoms with Crippen LogP contribution in [0.15, 0.2) is 54.6 Å². The van der Waals surface area contributed by atoms with E-state index in [0.29, 0.717) is 6.54 Å². The minimum atomic E-state index is 0.0823. The summed E-state index contributed by atoms with van der Waals surface area (Å²) in [6.07, 6.45) is 1.97. The third-order valence-electron chi connectivity index (χ3n) is 3.72. The monoisotopic (exact) mass is 281 g/mol. The molecule has 2 rings (SSSR count). The molecule has 0 unspecified atom stereocenters. The zero-order valence-corrected chi connectivity index (χ0v) is 12.8. The summed E-state index contributed by atoms with van der Waals surface area (Å²) in [6.45, 7) is 4.67. The zero-order chi connectivity index (χ0) is 15.1. The molecule has 2 nitrogen and oxygen atoms in total. The van der Waals surface area contributed by atoms with Gasteiger partial charge in [0.05, 0.1) is 0 Å². The van der Waals surface area contributed by atoms with Crippen LogP contribution in [0.4, 0.5) is 0 Å². The number of carbonyl (C=O) groups is 1. The molecule has 2 aromatic rings. The van der Waals surface area contributed by atoms with Crippen molar-refractivity contribution < 1.29 is 4.79 Å². The molecule has 2 heteroatoms. The Morgan fingerprint density at radius 1 is 1.05 bits per heavy atom. The number of carbonyl (C=O) groups excluding carboxylic acids is 1. The van der Waals surface area contributed by atoms with Crippen LogP contribution in [-0.4, -0.2) is 5.91 Å². The van der Waals surface area contributed by atoms with Gasteiger partial charge in [-0.2, -0.15) is 0 Å². The van der Waals surface area contributed by atoms with Crippen LogP contribution in [0.25, 0.3) is 11.1 Å². The average molecular weight is 281 g/mol. The quantitative estimate of drug-likeness (QED) is 0.835. The Balaban J connectivity index is 2.09. The SMILES string of the molecule is CCC[C@H](C)C(=O)NCc1ccccc1-c1ccccc1. The van der Waals surface area contributed by atoms with Crippen LogP contribution < -0.4 is 5.32 Å². The molecule has 0 aliphatic rings. The third-order valence-corrected chi connectivity index (χ3v) is 3.72. The molecule has 0 aliphatic carbocycles. The van der Waals surface area contributed by atoms with Crippen LogP contribution in [0, 0.1) is 5.92 Å². The van der Waals surface area contributed by atoms with Gasteiger partial charge in [0.15, 0.2) is 0 Å². The van der Waals surface area contributed by atoms with E-state index in [1.165, 1.54) is 11.1 Å². The second kappa shape index (κ2) is 7.63. The van der Waals surface area contributed by atoms with Gasteiger partial charge in [0, 0.05) is 12.5 Å². The van der Waals surface area contributed by atoms with Crippen molar-refractivity contribution >= 4 is 5.91 Å². The normalized spacial score (nSPS) is 11.9. The number of hydrogen-bond acceptors (Lipinski definition) is 1. The van der Waals surface area contributed by atoms with Gasteiger partial charge >= 0.3 is 0 Å². The van der Waals surface area contributed by atoms with Crippen LogP contribution in [0.2, 0.25) is 0 Å². The summed E-state index contributed by atoms with van der Waals surface area (Å²) in [5.41, 5.74) is 3.52. The molecule has 0 aliphatic heterocycles. The van der Waals surface area contributed by atoms with Crippen LogP contribution >= 0.6 is 0 Å². The summed E-state index contributed by atoms with van der Waals surface area (Å²) < 4.78 is 0. The first-order valence-corrected chi connectivity index (χ1v) is 7.63. The van der Waals surface area contributed by atoms with Crippen molar-refractivity contribution in [3.05, 3.63) is 60.2 Å². The molecule has 1 N–H and O–H groups in total. The minimum absolute atomic E-state index is 0.0823. The lowest BCUT2D eigenvalue weighted by atomic mass is 9.99. The summed E-state index contributed by atoms with van der Waals surface area (Å²) in [6, 6.07) is 18.5. The highest BCUT2D eigenvalue weighted by molar-refractivity contribution is 5.78. The largest absolute Gasteiger partial charge is 0.352 e. The van der Waals surface area contributed by atoms with Crippen LogP contribution in [-0.2, 0) is 11.3 Å². The summed E-state index contributed by atoms with van der Waals surface area (Å²) in [4.78, 5) is 12.0. The van der Waals surface area contributed by atoms with Gasteiger partial charge in [-0.05, 0) is 23.1 Å². The lowest BCUT2D eigenvalue weighted by molar-refractivity contribution is -0.124. The van der Waals surface area contributed by atoms with Crippen molar-refractivity contribution in [2.24, 2.45) is 5.92 Å². The van der Waals surface area contributed by atoms with Crippen molar-refractivity contribution in [2.75, 3.05) is 0 Å². The van der Waals surface area contributed by atoms with Crippen molar-refractivity contribution in [2.45, 2.75) is 33.2 Å². The smallest absolute Gasteiger partial charge is 0.223 e. The molecule has 0 bridgehead atoms. The molecule has 0 aromatic heterocycles. The number of rotatable bonds is 6. The lowest BCUT2D eigenvalue weighted by Crippen LogP contribution is -2.28. The maximum Gasteiger partial charge on any atom is 0.223 e. The van der Waals surface area contributed by atoms with Gasteiger partial charge in [-0.3, -0.25) is 4.79 Å². The molecule has 1 amide bonds. The van der Waals surface area contributed by atoms with E-state index in [1.54, 1.807) is 0 Å².